The Kier molecular flexibility index (Phi) is 3.65. The Labute approximate surface area is 114 Å². The van der Waals surface area contributed by atoms with Gasteiger partial charge in [0, 0.05) is 30.6 Å². The van der Waals surface area contributed by atoms with Crippen molar-refractivity contribution in [1.29, 1.82) is 0 Å². The minimum Gasteiger partial charge on any atom is -0.385 e. The van der Waals surface area contributed by atoms with Crippen LogP contribution < -0.4 is 11.1 Å². The van der Waals surface area contributed by atoms with Crippen molar-refractivity contribution in [3.05, 3.63) is 46.3 Å². The second kappa shape index (κ2) is 5.39. The second-order valence-electron chi connectivity index (χ2n) is 4.04. The van der Waals surface area contributed by atoms with Crippen LogP contribution in [0.2, 0.25) is 0 Å². The number of hydrogen-bond donors (Lipinski definition) is 2. The highest BCUT2D eigenvalue weighted by atomic mass is 16.6. The highest BCUT2D eigenvalue weighted by Gasteiger charge is 2.12. The van der Waals surface area contributed by atoms with E-state index in [-0.39, 0.29) is 11.4 Å². The third-order valence-electron chi connectivity index (χ3n) is 2.60. The number of nitro groups is 1. The van der Waals surface area contributed by atoms with Gasteiger partial charge in [0.15, 0.2) is 0 Å². The van der Waals surface area contributed by atoms with Gasteiger partial charge in [0.1, 0.15) is 5.69 Å². The molecule has 0 aliphatic carbocycles. The number of nitrogens with zero attached hydrogens (tertiary/aromatic N) is 3. The number of primary amides is 1. The molecular weight excluding hydrogens is 262 g/mol. The fourth-order valence-electron chi connectivity index (χ4n) is 1.74. The van der Waals surface area contributed by atoms with Crippen LogP contribution in [-0.2, 0) is 0 Å². The Hall–Kier alpha value is -2.90. The number of amides is 1. The molecule has 0 radical (unpaired) electrons. The number of nitro benzene ring substituents is 1. The maximum Gasteiger partial charge on any atom is 0.273 e. The van der Waals surface area contributed by atoms with Gasteiger partial charge in [-0.3, -0.25) is 14.9 Å². The Balaban J connectivity index is 2.48. The van der Waals surface area contributed by atoms with Crippen molar-refractivity contribution < 1.29 is 9.72 Å². The van der Waals surface area contributed by atoms with Crippen molar-refractivity contribution >= 4 is 17.3 Å². The second-order valence-corrected chi connectivity index (χ2v) is 4.04. The van der Waals surface area contributed by atoms with Crippen LogP contribution in [-0.4, -0.2) is 27.2 Å². The molecule has 0 atom stereocenters. The standard InChI is InChI=1S/C12H13N5O3/c1-2-14-8-5-9(7-10(6-8)17(19)20)16-4-3-11(15-16)12(13)18/h3-7,14H,2H2,1H3,(H2,13,18). The van der Waals surface area contributed by atoms with Crippen LogP contribution in [0.25, 0.3) is 5.69 Å². The Morgan fingerprint density at radius 2 is 2.25 bits per heavy atom. The fraction of sp³-hybridized carbons (Fsp3) is 0.167. The van der Waals surface area contributed by atoms with Gasteiger partial charge in [-0.1, -0.05) is 0 Å². The summed E-state index contributed by atoms with van der Waals surface area (Å²) in [6.07, 6.45) is 1.52. The lowest BCUT2D eigenvalue weighted by molar-refractivity contribution is -0.384. The number of carbonyl (C=O) groups excluding carboxylic acids is 1. The molecule has 20 heavy (non-hydrogen) atoms. The van der Waals surface area contributed by atoms with E-state index in [1.807, 2.05) is 6.92 Å². The maximum absolute atomic E-state index is 11.0. The van der Waals surface area contributed by atoms with Gasteiger partial charge in [0.05, 0.1) is 10.6 Å². The highest BCUT2D eigenvalue weighted by Crippen LogP contribution is 2.23. The summed E-state index contributed by atoms with van der Waals surface area (Å²) in [7, 11) is 0. The molecule has 3 N–H and O–H groups in total. The van der Waals surface area contributed by atoms with E-state index < -0.39 is 10.8 Å². The van der Waals surface area contributed by atoms with E-state index in [4.69, 9.17) is 5.73 Å². The summed E-state index contributed by atoms with van der Waals surface area (Å²) >= 11 is 0. The lowest BCUT2D eigenvalue weighted by Crippen LogP contribution is -2.12. The summed E-state index contributed by atoms with van der Waals surface area (Å²) in [4.78, 5) is 21.5. The van der Waals surface area contributed by atoms with E-state index in [9.17, 15) is 14.9 Å². The quantitative estimate of drug-likeness (QED) is 0.630. The van der Waals surface area contributed by atoms with Crippen LogP contribution in [0.4, 0.5) is 11.4 Å². The predicted octanol–water partition coefficient (Wildman–Crippen LogP) is 1.31. The van der Waals surface area contributed by atoms with Gasteiger partial charge in [0.2, 0.25) is 0 Å². The van der Waals surface area contributed by atoms with Crippen molar-refractivity contribution in [3.8, 4) is 5.69 Å². The summed E-state index contributed by atoms with van der Waals surface area (Å²) in [5, 5.41) is 17.9. The smallest absolute Gasteiger partial charge is 0.273 e. The van der Waals surface area contributed by atoms with E-state index in [0.717, 1.165) is 0 Å². The SMILES string of the molecule is CCNc1cc(-n2ccc(C(N)=O)n2)cc([N+](=O)[O-])c1. The van der Waals surface area contributed by atoms with E-state index in [0.29, 0.717) is 17.9 Å². The van der Waals surface area contributed by atoms with Crippen LogP contribution in [0.15, 0.2) is 30.5 Å². The molecule has 0 aliphatic heterocycles. The van der Waals surface area contributed by atoms with Gasteiger partial charge in [-0.2, -0.15) is 5.10 Å². The average molecular weight is 275 g/mol. The van der Waals surface area contributed by atoms with Gasteiger partial charge < -0.3 is 11.1 Å². The summed E-state index contributed by atoms with van der Waals surface area (Å²) < 4.78 is 1.37. The largest absolute Gasteiger partial charge is 0.385 e. The van der Waals surface area contributed by atoms with Crippen LogP contribution in [0.5, 0.6) is 0 Å². The minimum atomic E-state index is -0.652. The molecule has 1 aromatic heterocycles. The summed E-state index contributed by atoms with van der Waals surface area (Å²) in [5.41, 5.74) is 6.24. The zero-order valence-electron chi connectivity index (χ0n) is 10.7. The first-order valence-corrected chi connectivity index (χ1v) is 5.90. The molecule has 0 aliphatic rings. The monoisotopic (exact) mass is 275 g/mol. The van der Waals surface area contributed by atoms with Gasteiger partial charge in [0.25, 0.3) is 11.6 Å². The number of hydrogen-bond acceptors (Lipinski definition) is 5. The molecule has 2 aromatic rings. The fourth-order valence-corrected chi connectivity index (χ4v) is 1.74. The number of nitrogens with one attached hydrogen (secondary N) is 1. The molecule has 0 fully saturated rings. The van der Waals surface area contributed by atoms with E-state index in [1.54, 1.807) is 6.07 Å². The first-order chi connectivity index (χ1) is 9.51. The number of benzene rings is 1. The molecule has 104 valence electrons. The molecule has 1 amide bonds. The average Bonchev–Trinajstić information content (AvgIpc) is 2.88. The van der Waals surface area contributed by atoms with Crippen molar-refractivity contribution in [2.24, 2.45) is 5.73 Å². The molecular formula is C12H13N5O3. The number of rotatable bonds is 5. The van der Waals surface area contributed by atoms with Crippen LogP contribution in [0.1, 0.15) is 17.4 Å². The molecule has 0 saturated heterocycles. The van der Waals surface area contributed by atoms with Crippen molar-refractivity contribution in [3.63, 3.8) is 0 Å². The molecule has 8 nitrogen and oxygen atoms in total. The van der Waals surface area contributed by atoms with E-state index in [1.165, 1.54) is 29.1 Å². The molecule has 2 rings (SSSR count). The lowest BCUT2D eigenvalue weighted by atomic mass is 10.2. The van der Waals surface area contributed by atoms with Crippen LogP contribution >= 0.6 is 0 Å². The van der Waals surface area contributed by atoms with Crippen LogP contribution in [0.3, 0.4) is 0 Å². The Morgan fingerprint density at radius 1 is 1.50 bits per heavy atom. The number of non-ortho nitro benzene ring substituents is 1. The third-order valence-corrected chi connectivity index (χ3v) is 2.60. The molecule has 0 spiro atoms. The summed E-state index contributed by atoms with van der Waals surface area (Å²) in [5.74, 6) is -0.652. The zero-order valence-corrected chi connectivity index (χ0v) is 10.7. The van der Waals surface area contributed by atoms with Crippen molar-refractivity contribution in [1.82, 2.24) is 9.78 Å². The van der Waals surface area contributed by atoms with E-state index >= 15 is 0 Å². The number of carbonyl (C=O) groups is 1. The van der Waals surface area contributed by atoms with Gasteiger partial charge >= 0.3 is 0 Å². The molecule has 8 heteroatoms. The van der Waals surface area contributed by atoms with Crippen molar-refractivity contribution in [2.45, 2.75) is 6.92 Å². The number of nitrogens with two attached hydrogens (primary N) is 1. The minimum absolute atomic E-state index is 0.0606. The molecule has 0 saturated carbocycles. The normalized spacial score (nSPS) is 10.2. The van der Waals surface area contributed by atoms with Gasteiger partial charge in [-0.05, 0) is 19.1 Å². The zero-order chi connectivity index (χ0) is 14.7. The lowest BCUT2D eigenvalue weighted by Gasteiger charge is -2.07. The first-order valence-electron chi connectivity index (χ1n) is 5.90. The van der Waals surface area contributed by atoms with Gasteiger partial charge in [-0.25, -0.2) is 4.68 Å². The van der Waals surface area contributed by atoms with Gasteiger partial charge in [-0.15, -0.1) is 0 Å². The van der Waals surface area contributed by atoms with E-state index in [2.05, 4.69) is 10.4 Å². The number of aromatic nitrogens is 2. The van der Waals surface area contributed by atoms with Crippen LogP contribution in [0, 0.1) is 10.1 Å². The van der Waals surface area contributed by atoms with Crippen molar-refractivity contribution in [2.75, 3.05) is 11.9 Å². The highest BCUT2D eigenvalue weighted by molar-refractivity contribution is 5.90. The Morgan fingerprint density at radius 3 is 2.80 bits per heavy atom. The first kappa shape index (κ1) is 13.5. The Bertz CT molecular complexity index is 665. The molecule has 1 heterocycles. The maximum atomic E-state index is 11.0. The summed E-state index contributed by atoms with van der Waals surface area (Å²) in [6.45, 7) is 2.52. The topological polar surface area (TPSA) is 116 Å². The predicted molar refractivity (Wildman–Crippen MR) is 72.9 cm³/mol. The summed E-state index contributed by atoms with van der Waals surface area (Å²) in [6, 6.07) is 5.96. The third kappa shape index (κ3) is 2.74. The molecule has 0 bridgehead atoms. The number of anilines is 1. The molecule has 0 unspecified atom stereocenters. The molecule has 1 aromatic carbocycles.